The quantitative estimate of drug-likeness (QED) is 0.393. The van der Waals surface area contributed by atoms with Crippen molar-refractivity contribution in [3.8, 4) is 0 Å². The minimum Gasteiger partial charge on any atom is -0.358 e. The molecule has 2 N–H and O–H groups in total. The molecule has 0 amide bonds. The van der Waals surface area contributed by atoms with Gasteiger partial charge in [0.2, 0.25) is 0 Å². The molecule has 0 fully saturated rings. The molecule has 0 aliphatic carbocycles. The first-order valence-electron chi connectivity index (χ1n) is 4.54. The van der Waals surface area contributed by atoms with Crippen LogP contribution in [0.3, 0.4) is 0 Å². The van der Waals surface area contributed by atoms with E-state index in [9.17, 15) is 0 Å². The summed E-state index contributed by atoms with van der Waals surface area (Å²) in [7, 11) is 8.16. The summed E-state index contributed by atoms with van der Waals surface area (Å²) in [5.41, 5.74) is -0.357. The topological polar surface area (TPSA) is 42.5 Å². The SMILES string of the molecule is CNCC(CC([SiH3])(OC)OC)NC. The van der Waals surface area contributed by atoms with Crippen LogP contribution >= 0.6 is 0 Å². The van der Waals surface area contributed by atoms with E-state index in [0.29, 0.717) is 6.04 Å². The van der Waals surface area contributed by atoms with E-state index in [1.165, 1.54) is 0 Å². The van der Waals surface area contributed by atoms with Crippen molar-refractivity contribution >= 4 is 10.2 Å². The normalized spacial score (nSPS) is 14.8. The number of nitrogens with one attached hydrogen (secondary N) is 2. The number of methoxy groups -OCH3 is 2. The third-order valence-electron chi connectivity index (χ3n) is 2.34. The largest absolute Gasteiger partial charge is 0.358 e. The van der Waals surface area contributed by atoms with Gasteiger partial charge in [-0.25, -0.2) is 0 Å². The third kappa shape index (κ3) is 4.73. The Kier molecular flexibility index (Phi) is 6.53. The van der Waals surface area contributed by atoms with Gasteiger partial charge in [-0.05, 0) is 14.1 Å². The van der Waals surface area contributed by atoms with Crippen LogP contribution in [0.15, 0.2) is 0 Å². The van der Waals surface area contributed by atoms with Gasteiger partial charge in [-0.3, -0.25) is 0 Å². The zero-order valence-electron chi connectivity index (χ0n) is 9.31. The fraction of sp³-hybridized carbons (Fsp3) is 1.00. The van der Waals surface area contributed by atoms with Crippen molar-refractivity contribution < 1.29 is 9.47 Å². The van der Waals surface area contributed by atoms with Gasteiger partial charge in [-0.1, -0.05) is 0 Å². The Morgan fingerprint density at radius 1 is 1.31 bits per heavy atom. The molecule has 0 aromatic rings. The maximum absolute atomic E-state index is 5.34. The lowest BCUT2D eigenvalue weighted by Gasteiger charge is -2.30. The van der Waals surface area contributed by atoms with Crippen LogP contribution in [0.2, 0.25) is 0 Å². The van der Waals surface area contributed by atoms with Crippen molar-refractivity contribution in [2.75, 3.05) is 34.9 Å². The summed E-state index contributed by atoms with van der Waals surface area (Å²) in [5, 5.41) is 6.36. The summed E-state index contributed by atoms with van der Waals surface area (Å²) in [5.74, 6) is 0. The Hall–Kier alpha value is 0.0569. The monoisotopic (exact) mass is 206 g/mol. The van der Waals surface area contributed by atoms with E-state index < -0.39 is 0 Å². The highest BCUT2D eigenvalue weighted by atomic mass is 28.1. The second-order valence-corrected chi connectivity index (χ2v) is 4.81. The standard InChI is InChI=1S/C8H22N2O2Si/c1-9-6-7(10-2)5-8(13,11-3)12-4/h7,9-10H,5-6H2,1-4,13H3. The highest BCUT2D eigenvalue weighted by molar-refractivity contribution is 6.13. The van der Waals surface area contributed by atoms with Crippen LogP contribution in [0.4, 0.5) is 0 Å². The zero-order valence-corrected chi connectivity index (χ0v) is 11.3. The Balaban J connectivity index is 4.02. The number of rotatable bonds is 7. The summed E-state index contributed by atoms with van der Waals surface area (Å²) in [6.07, 6.45) is 0.879. The number of hydrogen-bond donors (Lipinski definition) is 2. The predicted octanol–water partition coefficient (Wildman–Crippen LogP) is -1.50. The summed E-state index contributed by atoms with van der Waals surface area (Å²) in [4.78, 5) is 0. The summed E-state index contributed by atoms with van der Waals surface area (Å²) >= 11 is 0. The number of likely N-dealkylation sites (N-methyl/N-ethyl adjacent to an activating group) is 2. The van der Waals surface area contributed by atoms with Crippen molar-refractivity contribution in [1.29, 1.82) is 0 Å². The van der Waals surface area contributed by atoms with Gasteiger partial charge in [-0.15, -0.1) is 0 Å². The van der Waals surface area contributed by atoms with E-state index in [1.807, 2.05) is 14.1 Å². The Labute approximate surface area is 83.8 Å². The molecular formula is C8H22N2O2Si. The van der Waals surface area contributed by atoms with Gasteiger partial charge in [0.05, 0.1) is 10.2 Å². The van der Waals surface area contributed by atoms with Gasteiger partial charge in [0.25, 0.3) is 0 Å². The summed E-state index contributed by atoms with van der Waals surface area (Å²) in [6.45, 7) is 0.924. The second-order valence-electron chi connectivity index (χ2n) is 3.29. The van der Waals surface area contributed by atoms with E-state index in [0.717, 1.165) is 23.2 Å². The molecule has 1 unspecified atom stereocenters. The lowest BCUT2D eigenvalue weighted by atomic mass is 10.2. The second kappa shape index (κ2) is 6.50. The molecule has 0 aliphatic heterocycles. The molecule has 0 bridgehead atoms. The maximum Gasteiger partial charge on any atom is 0.142 e. The maximum atomic E-state index is 5.34. The summed E-state index contributed by atoms with van der Waals surface area (Å²) < 4.78 is 10.7. The number of ether oxygens (including phenoxy) is 2. The smallest absolute Gasteiger partial charge is 0.142 e. The molecule has 0 saturated carbocycles. The van der Waals surface area contributed by atoms with E-state index >= 15 is 0 Å². The van der Waals surface area contributed by atoms with Crippen LogP contribution in [0.25, 0.3) is 0 Å². The molecule has 80 valence electrons. The Morgan fingerprint density at radius 2 is 1.85 bits per heavy atom. The highest BCUT2D eigenvalue weighted by Crippen LogP contribution is 2.13. The molecule has 1 atom stereocenters. The first kappa shape index (κ1) is 13.1. The molecule has 0 heterocycles. The fourth-order valence-electron chi connectivity index (χ4n) is 1.22. The predicted molar refractivity (Wildman–Crippen MR) is 58.1 cm³/mol. The summed E-state index contributed by atoms with van der Waals surface area (Å²) in [6, 6.07) is 0.391. The van der Waals surface area contributed by atoms with Crippen molar-refractivity contribution in [1.82, 2.24) is 10.6 Å². The van der Waals surface area contributed by atoms with Crippen LogP contribution in [-0.4, -0.2) is 56.6 Å². The van der Waals surface area contributed by atoms with E-state index in [2.05, 4.69) is 10.6 Å². The van der Waals surface area contributed by atoms with Crippen molar-refractivity contribution in [2.45, 2.75) is 17.9 Å². The molecule has 13 heavy (non-hydrogen) atoms. The molecule has 0 spiro atoms. The van der Waals surface area contributed by atoms with Crippen molar-refractivity contribution in [3.05, 3.63) is 0 Å². The van der Waals surface area contributed by atoms with Gasteiger partial charge < -0.3 is 20.1 Å². The zero-order chi connectivity index (χ0) is 10.3. The third-order valence-corrected chi connectivity index (χ3v) is 3.56. The lowest BCUT2D eigenvalue weighted by Crippen LogP contribution is -2.45. The van der Waals surface area contributed by atoms with Gasteiger partial charge in [0.15, 0.2) is 0 Å². The van der Waals surface area contributed by atoms with Crippen LogP contribution < -0.4 is 10.6 Å². The van der Waals surface area contributed by atoms with E-state index in [1.54, 1.807) is 14.2 Å². The van der Waals surface area contributed by atoms with Gasteiger partial charge >= 0.3 is 0 Å². The van der Waals surface area contributed by atoms with E-state index in [-0.39, 0.29) is 5.41 Å². The molecule has 0 aliphatic rings. The highest BCUT2D eigenvalue weighted by Gasteiger charge is 2.25. The van der Waals surface area contributed by atoms with Crippen LogP contribution in [0, 0.1) is 0 Å². The van der Waals surface area contributed by atoms with Crippen LogP contribution in [0.5, 0.6) is 0 Å². The first-order chi connectivity index (χ1) is 6.11. The molecular weight excluding hydrogens is 184 g/mol. The Bertz CT molecular complexity index is 131. The molecule has 0 aromatic carbocycles. The van der Waals surface area contributed by atoms with Crippen LogP contribution in [0.1, 0.15) is 6.42 Å². The minimum absolute atomic E-state index is 0.357. The average Bonchev–Trinajstić information content (AvgIpc) is 2.17. The molecule has 5 heteroatoms. The average molecular weight is 206 g/mol. The fourth-order valence-corrected chi connectivity index (χ4v) is 1.71. The van der Waals surface area contributed by atoms with Gasteiger partial charge in [-0.2, -0.15) is 0 Å². The number of hydrogen-bond acceptors (Lipinski definition) is 4. The molecule has 4 nitrogen and oxygen atoms in total. The first-order valence-corrected chi connectivity index (χ1v) is 5.54. The van der Waals surface area contributed by atoms with Crippen LogP contribution in [-0.2, 0) is 9.47 Å². The molecule has 0 aromatic heterocycles. The van der Waals surface area contributed by atoms with Gasteiger partial charge in [0.1, 0.15) is 5.41 Å². The van der Waals surface area contributed by atoms with E-state index in [4.69, 9.17) is 9.47 Å². The molecule has 0 saturated heterocycles. The molecule has 0 rings (SSSR count). The van der Waals surface area contributed by atoms with Crippen molar-refractivity contribution in [2.24, 2.45) is 0 Å². The minimum atomic E-state index is -0.357. The van der Waals surface area contributed by atoms with Crippen molar-refractivity contribution in [3.63, 3.8) is 0 Å². The Morgan fingerprint density at radius 3 is 2.15 bits per heavy atom. The van der Waals surface area contributed by atoms with Gasteiger partial charge in [0, 0.05) is 33.2 Å². The lowest BCUT2D eigenvalue weighted by molar-refractivity contribution is -0.149. The molecule has 0 radical (unpaired) electrons.